The van der Waals surface area contributed by atoms with Gasteiger partial charge in [0, 0.05) is 7.05 Å². The lowest BCUT2D eigenvalue weighted by Crippen LogP contribution is -2.48. The summed E-state index contributed by atoms with van der Waals surface area (Å²) >= 11 is 1.60. The van der Waals surface area contributed by atoms with E-state index < -0.39 is 0 Å². The fraction of sp³-hybridized carbons (Fsp3) is 0.500. The summed E-state index contributed by atoms with van der Waals surface area (Å²) in [4.78, 5) is 9.84. The molecule has 0 aromatic carbocycles. The number of aromatic nitrogens is 2. The molecule has 1 aliphatic carbocycles. The lowest BCUT2D eigenvalue weighted by molar-refractivity contribution is 0.144. The maximum atomic E-state index is 9.53. The molecule has 0 radical (unpaired) electrons. The molecule has 3 rings (SSSR count). The molecule has 5 nitrogen and oxygen atoms in total. The van der Waals surface area contributed by atoms with Crippen LogP contribution in [0.1, 0.15) is 19.3 Å². The second-order valence-corrected chi connectivity index (χ2v) is 5.60. The molecule has 0 saturated heterocycles. The molecule has 0 amide bonds. The Labute approximate surface area is 109 Å². The van der Waals surface area contributed by atoms with Gasteiger partial charge >= 0.3 is 0 Å². The molecule has 96 valence electrons. The summed E-state index contributed by atoms with van der Waals surface area (Å²) in [7, 11) is 1.81. The van der Waals surface area contributed by atoms with E-state index in [0.717, 1.165) is 35.3 Å². The molecule has 0 bridgehead atoms. The van der Waals surface area contributed by atoms with Gasteiger partial charge in [0.1, 0.15) is 10.6 Å². The van der Waals surface area contributed by atoms with E-state index in [1.165, 1.54) is 0 Å². The Kier molecular flexibility index (Phi) is 2.83. The van der Waals surface area contributed by atoms with Crippen molar-refractivity contribution >= 4 is 33.3 Å². The Balaban J connectivity index is 2.01. The maximum Gasteiger partial charge on any atom is 0.225 e. The molecule has 2 aromatic rings. The Bertz CT molecular complexity index is 559. The van der Waals surface area contributed by atoms with Crippen LogP contribution in [0.3, 0.4) is 0 Å². The Morgan fingerprint density at radius 3 is 2.89 bits per heavy atom. The van der Waals surface area contributed by atoms with E-state index in [-0.39, 0.29) is 12.1 Å². The number of hydrogen-bond acceptors (Lipinski definition) is 6. The minimum Gasteiger partial charge on any atom is -0.394 e. The number of fused-ring (bicyclic) bond motifs is 1. The van der Waals surface area contributed by atoms with Gasteiger partial charge in [-0.05, 0) is 30.7 Å². The van der Waals surface area contributed by atoms with Gasteiger partial charge in [0.2, 0.25) is 5.95 Å². The fourth-order valence-corrected chi connectivity index (χ4v) is 3.00. The number of hydrogen-bond donors (Lipinski definition) is 3. The van der Waals surface area contributed by atoms with Crippen LogP contribution in [-0.2, 0) is 0 Å². The molecule has 0 atom stereocenters. The van der Waals surface area contributed by atoms with Crippen molar-refractivity contribution in [3.63, 3.8) is 0 Å². The zero-order valence-electron chi connectivity index (χ0n) is 10.2. The molecular formula is C12H16N4OS. The molecular weight excluding hydrogens is 248 g/mol. The summed E-state index contributed by atoms with van der Waals surface area (Å²) in [6.45, 7) is 0.150. The number of thiophene rings is 1. The average Bonchev–Trinajstić information content (AvgIpc) is 2.81. The minimum atomic E-state index is -0.186. The van der Waals surface area contributed by atoms with Crippen molar-refractivity contribution in [1.29, 1.82) is 0 Å². The van der Waals surface area contributed by atoms with Gasteiger partial charge in [-0.3, -0.25) is 0 Å². The quantitative estimate of drug-likeness (QED) is 0.788. The van der Waals surface area contributed by atoms with Crippen molar-refractivity contribution in [2.75, 3.05) is 24.3 Å². The molecule has 6 heteroatoms. The molecule has 1 fully saturated rings. The van der Waals surface area contributed by atoms with Crippen LogP contribution in [-0.4, -0.2) is 34.3 Å². The smallest absolute Gasteiger partial charge is 0.225 e. The van der Waals surface area contributed by atoms with Gasteiger partial charge in [0.15, 0.2) is 0 Å². The molecule has 0 unspecified atom stereocenters. The molecule has 1 saturated carbocycles. The summed E-state index contributed by atoms with van der Waals surface area (Å²) in [6.07, 6.45) is 3.15. The van der Waals surface area contributed by atoms with Gasteiger partial charge in [0.25, 0.3) is 0 Å². The Morgan fingerprint density at radius 1 is 1.44 bits per heavy atom. The molecule has 1 aliphatic rings. The van der Waals surface area contributed by atoms with E-state index in [9.17, 15) is 5.11 Å². The van der Waals surface area contributed by atoms with E-state index in [1.807, 2.05) is 18.5 Å². The number of nitrogens with zero attached hydrogens (tertiary/aromatic N) is 2. The first-order chi connectivity index (χ1) is 8.76. The van der Waals surface area contributed by atoms with Crippen LogP contribution in [0.5, 0.6) is 0 Å². The first kappa shape index (κ1) is 11.7. The zero-order valence-corrected chi connectivity index (χ0v) is 11.0. The number of aliphatic hydroxyl groups excluding tert-OH is 1. The highest BCUT2D eigenvalue weighted by Crippen LogP contribution is 2.37. The lowest BCUT2D eigenvalue weighted by Gasteiger charge is -2.41. The van der Waals surface area contributed by atoms with Gasteiger partial charge < -0.3 is 15.7 Å². The Hall–Kier alpha value is -1.40. The van der Waals surface area contributed by atoms with Gasteiger partial charge in [0.05, 0.1) is 17.5 Å². The highest BCUT2D eigenvalue weighted by atomic mass is 32.1. The van der Waals surface area contributed by atoms with E-state index >= 15 is 0 Å². The molecule has 2 aromatic heterocycles. The van der Waals surface area contributed by atoms with Crippen LogP contribution >= 0.6 is 11.3 Å². The van der Waals surface area contributed by atoms with Crippen molar-refractivity contribution in [3.8, 4) is 0 Å². The van der Waals surface area contributed by atoms with Crippen LogP contribution in [0.15, 0.2) is 11.4 Å². The predicted octanol–water partition coefficient (Wildman–Crippen LogP) is 2.06. The van der Waals surface area contributed by atoms with Gasteiger partial charge in [-0.1, -0.05) is 0 Å². The first-order valence-corrected chi connectivity index (χ1v) is 6.96. The third-order valence-corrected chi connectivity index (χ3v) is 4.35. The summed E-state index contributed by atoms with van der Waals surface area (Å²) in [6, 6.07) is 2.02. The number of rotatable bonds is 4. The highest BCUT2D eigenvalue weighted by Gasteiger charge is 2.37. The number of aliphatic hydroxyl groups is 1. The van der Waals surface area contributed by atoms with Gasteiger partial charge in [-0.15, -0.1) is 11.3 Å². The van der Waals surface area contributed by atoms with Gasteiger partial charge in [-0.25, -0.2) is 4.98 Å². The first-order valence-electron chi connectivity index (χ1n) is 6.08. The van der Waals surface area contributed by atoms with Gasteiger partial charge in [-0.2, -0.15) is 4.98 Å². The lowest BCUT2D eigenvalue weighted by atomic mass is 9.77. The number of nitrogens with one attached hydrogen (secondary N) is 2. The third kappa shape index (κ3) is 1.81. The van der Waals surface area contributed by atoms with Crippen LogP contribution in [0.25, 0.3) is 10.2 Å². The largest absolute Gasteiger partial charge is 0.394 e. The summed E-state index contributed by atoms with van der Waals surface area (Å²) in [5, 5.41) is 18.9. The van der Waals surface area contributed by atoms with Crippen molar-refractivity contribution < 1.29 is 5.11 Å². The van der Waals surface area contributed by atoms with Crippen LogP contribution in [0.2, 0.25) is 0 Å². The van der Waals surface area contributed by atoms with Crippen molar-refractivity contribution in [3.05, 3.63) is 11.4 Å². The van der Waals surface area contributed by atoms with Crippen molar-refractivity contribution in [2.45, 2.75) is 24.8 Å². The standard InChI is InChI=1S/C12H16N4OS/c1-13-11-14-9(8-3-6-18-10(8)15-11)16-12(7-17)4-2-5-12/h3,6,17H,2,4-5,7H2,1H3,(H2,13,14,15,16). The average molecular weight is 264 g/mol. The fourth-order valence-electron chi connectivity index (χ4n) is 2.24. The van der Waals surface area contributed by atoms with Crippen LogP contribution in [0.4, 0.5) is 11.8 Å². The second-order valence-electron chi connectivity index (χ2n) is 4.70. The molecule has 2 heterocycles. The summed E-state index contributed by atoms with van der Waals surface area (Å²) in [5.41, 5.74) is -0.186. The molecule has 3 N–H and O–H groups in total. The van der Waals surface area contributed by atoms with E-state index in [1.54, 1.807) is 11.3 Å². The SMILES string of the molecule is CNc1nc(NC2(CO)CCC2)c2ccsc2n1. The van der Waals surface area contributed by atoms with Crippen molar-refractivity contribution in [2.24, 2.45) is 0 Å². The minimum absolute atomic E-state index is 0.150. The zero-order chi connectivity index (χ0) is 12.6. The second kappa shape index (κ2) is 4.37. The highest BCUT2D eigenvalue weighted by molar-refractivity contribution is 7.16. The predicted molar refractivity (Wildman–Crippen MR) is 74.3 cm³/mol. The van der Waals surface area contributed by atoms with Crippen molar-refractivity contribution in [1.82, 2.24) is 9.97 Å². The normalized spacial score (nSPS) is 17.4. The van der Waals surface area contributed by atoms with E-state index in [4.69, 9.17) is 0 Å². The monoisotopic (exact) mass is 264 g/mol. The molecule has 0 spiro atoms. The maximum absolute atomic E-state index is 9.53. The third-order valence-electron chi connectivity index (χ3n) is 3.55. The summed E-state index contributed by atoms with van der Waals surface area (Å²) in [5.74, 6) is 1.43. The number of anilines is 2. The molecule has 0 aliphatic heterocycles. The van der Waals surface area contributed by atoms with Crippen LogP contribution < -0.4 is 10.6 Å². The Morgan fingerprint density at radius 2 is 2.28 bits per heavy atom. The summed E-state index contributed by atoms with van der Waals surface area (Å²) < 4.78 is 0. The molecule has 18 heavy (non-hydrogen) atoms. The van der Waals surface area contributed by atoms with E-state index in [0.29, 0.717) is 5.95 Å². The topological polar surface area (TPSA) is 70.1 Å². The van der Waals surface area contributed by atoms with Crippen LogP contribution in [0, 0.1) is 0 Å². The van der Waals surface area contributed by atoms with E-state index in [2.05, 4.69) is 20.6 Å².